The molecule has 0 N–H and O–H groups in total. The van der Waals surface area contributed by atoms with E-state index in [-0.39, 0.29) is 0 Å². The lowest BCUT2D eigenvalue weighted by molar-refractivity contribution is 0.423. The Hall–Kier alpha value is 0.420. The van der Waals surface area contributed by atoms with E-state index in [2.05, 4.69) is 0 Å². The molecule has 4 aliphatic rings. The fourth-order valence-electron chi connectivity index (χ4n) is 7.62. The second kappa shape index (κ2) is 7.12. The molecule has 0 aliphatic carbocycles. The molecule has 4 heterocycles. The van der Waals surface area contributed by atoms with Gasteiger partial charge in [-0.3, -0.25) is 0 Å². The summed E-state index contributed by atoms with van der Waals surface area (Å²) in [6.07, 6.45) is 19.8. The normalized spacial score (nSPS) is 39.7. The third-order valence-corrected chi connectivity index (χ3v) is 8.43. The van der Waals surface area contributed by atoms with Crippen molar-refractivity contribution in [1.82, 2.24) is 0 Å². The van der Waals surface area contributed by atoms with Crippen molar-refractivity contribution < 1.29 is 0 Å². The van der Waals surface area contributed by atoms with Gasteiger partial charge in [-0.1, -0.05) is 106 Å². The lowest BCUT2D eigenvalue weighted by Crippen LogP contribution is -2.49. The van der Waals surface area contributed by atoms with Gasteiger partial charge in [0.05, 0.1) is 0 Å². The van der Waals surface area contributed by atoms with Crippen molar-refractivity contribution in [2.75, 3.05) is 5.88 Å². The van der Waals surface area contributed by atoms with Gasteiger partial charge in [-0.25, -0.2) is 0 Å². The first-order chi connectivity index (χ1) is 10.9. The van der Waals surface area contributed by atoms with Gasteiger partial charge in [0.2, 0.25) is 0 Å². The van der Waals surface area contributed by atoms with Crippen molar-refractivity contribution in [3.05, 3.63) is 0 Å². The summed E-state index contributed by atoms with van der Waals surface area (Å²) in [6.45, 7) is 2.12. The zero-order chi connectivity index (χ0) is 14.9. The maximum absolute atomic E-state index is 6.35. The van der Waals surface area contributed by atoms with Crippen LogP contribution < -0.4 is 0 Å². The topological polar surface area (TPSA) is 0 Å². The van der Waals surface area contributed by atoms with Crippen molar-refractivity contribution in [2.24, 2.45) is 0 Å². The van der Waals surface area contributed by atoms with Crippen molar-refractivity contribution >= 4 is 25.0 Å². The molecule has 0 amide bonds. The molecule has 0 radical (unpaired) electrons. The molecule has 4 aliphatic heterocycles. The van der Waals surface area contributed by atoms with Crippen LogP contribution in [0.4, 0.5) is 0 Å². The molecule has 4 saturated heterocycles. The van der Waals surface area contributed by atoms with Crippen molar-refractivity contribution in [1.29, 1.82) is 0 Å². The van der Waals surface area contributed by atoms with Gasteiger partial charge < -0.3 is 0 Å². The zero-order valence-electron chi connectivity index (χ0n) is 14.3. The standard InChI is InChI=1S/C19H33B2Cl/c22-14-13-19(20-15-5-1-6-16(20)8-2-7-15)21-17-9-3-10-18(21)12-4-11-17/h15-19H,1-14H2. The highest BCUT2D eigenvalue weighted by molar-refractivity contribution is 6.83. The van der Waals surface area contributed by atoms with Gasteiger partial charge in [0, 0.05) is 5.88 Å². The highest BCUT2D eigenvalue weighted by atomic mass is 35.5. The van der Waals surface area contributed by atoms with E-state index in [1.807, 2.05) is 0 Å². The molecule has 4 rings (SSSR count). The first kappa shape index (κ1) is 15.9. The smallest absolute Gasteiger partial charge is 0.127 e. The Morgan fingerprint density at radius 3 is 1.23 bits per heavy atom. The van der Waals surface area contributed by atoms with Crippen LogP contribution in [0.2, 0.25) is 29.0 Å². The summed E-state index contributed by atoms with van der Waals surface area (Å²) < 4.78 is 0. The van der Waals surface area contributed by atoms with E-state index in [1.165, 1.54) is 32.1 Å². The van der Waals surface area contributed by atoms with Gasteiger partial charge >= 0.3 is 0 Å². The molecule has 0 nitrogen and oxygen atoms in total. The van der Waals surface area contributed by atoms with E-state index < -0.39 is 0 Å². The second-order valence-corrected chi connectivity index (χ2v) is 9.44. The Balaban J connectivity index is 1.59. The van der Waals surface area contributed by atoms with Gasteiger partial charge in [-0.2, -0.15) is 0 Å². The molecule has 0 saturated carbocycles. The number of fused-ring (bicyclic) bond motifs is 4. The first-order valence-electron chi connectivity index (χ1n) is 10.4. The molecule has 4 fully saturated rings. The molecule has 0 aromatic heterocycles. The Bertz CT molecular complexity index is 298. The molecule has 122 valence electrons. The zero-order valence-corrected chi connectivity index (χ0v) is 15.1. The van der Waals surface area contributed by atoms with Crippen LogP contribution in [0.1, 0.15) is 83.5 Å². The maximum Gasteiger partial charge on any atom is 0.142 e. The lowest BCUT2D eigenvalue weighted by Gasteiger charge is -2.51. The average Bonchev–Trinajstić information content (AvgIpc) is 2.51. The van der Waals surface area contributed by atoms with Crippen LogP contribution in [-0.2, 0) is 0 Å². The molecular weight excluding hydrogens is 285 g/mol. The fourth-order valence-corrected chi connectivity index (χ4v) is 7.87. The largest absolute Gasteiger partial charge is 0.142 e. The van der Waals surface area contributed by atoms with Gasteiger partial charge in [-0.15, -0.1) is 11.6 Å². The number of halogens is 1. The minimum atomic E-state index is 0.913. The fraction of sp³-hybridized carbons (Fsp3) is 1.00. The van der Waals surface area contributed by atoms with Crippen molar-refractivity contribution in [3.8, 4) is 0 Å². The monoisotopic (exact) mass is 318 g/mol. The van der Waals surface area contributed by atoms with Gasteiger partial charge in [-0.05, 0) is 6.42 Å². The van der Waals surface area contributed by atoms with Crippen LogP contribution in [0.3, 0.4) is 0 Å². The van der Waals surface area contributed by atoms with Crippen molar-refractivity contribution in [2.45, 2.75) is 112 Å². The van der Waals surface area contributed by atoms with Crippen LogP contribution >= 0.6 is 11.6 Å². The number of hydrogen-bond acceptors (Lipinski definition) is 0. The Labute approximate surface area is 143 Å². The van der Waals surface area contributed by atoms with Crippen LogP contribution in [0.5, 0.6) is 0 Å². The Morgan fingerprint density at radius 1 is 0.636 bits per heavy atom. The number of rotatable bonds is 4. The maximum atomic E-state index is 6.35. The summed E-state index contributed by atoms with van der Waals surface area (Å²) in [7, 11) is 0. The van der Waals surface area contributed by atoms with Gasteiger partial charge in [0.15, 0.2) is 0 Å². The third-order valence-electron chi connectivity index (χ3n) is 8.21. The van der Waals surface area contributed by atoms with Gasteiger partial charge in [0.1, 0.15) is 13.4 Å². The highest BCUT2D eigenvalue weighted by Crippen LogP contribution is 2.57. The Morgan fingerprint density at radius 2 is 0.955 bits per heavy atom. The molecule has 0 spiro atoms. The summed E-state index contributed by atoms with van der Waals surface area (Å²) in [4.78, 5) is 0. The molecule has 0 unspecified atom stereocenters. The van der Waals surface area contributed by atoms with E-state index in [0.29, 0.717) is 0 Å². The van der Waals surface area contributed by atoms with Gasteiger partial charge in [0.25, 0.3) is 0 Å². The second-order valence-electron chi connectivity index (χ2n) is 9.06. The SMILES string of the molecule is ClCCC(B1C2CCCC1CCC2)B1C2CCCC1CCC2. The summed E-state index contributed by atoms with van der Waals surface area (Å²) in [6, 6.07) is 0. The third kappa shape index (κ3) is 2.91. The van der Waals surface area contributed by atoms with E-state index in [1.54, 1.807) is 51.4 Å². The minimum Gasteiger partial charge on any atom is -0.127 e. The summed E-state index contributed by atoms with van der Waals surface area (Å²) in [5.41, 5.74) is 0.990. The van der Waals surface area contributed by atoms with E-state index >= 15 is 0 Å². The molecule has 0 aromatic rings. The summed E-state index contributed by atoms with van der Waals surface area (Å²) in [5, 5.41) is 0. The average molecular weight is 319 g/mol. The van der Waals surface area contributed by atoms with E-state index in [0.717, 1.165) is 48.3 Å². The summed E-state index contributed by atoms with van der Waals surface area (Å²) in [5.74, 6) is 5.20. The minimum absolute atomic E-state index is 0.913. The Kier molecular flexibility index (Phi) is 5.15. The summed E-state index contributed by atoms with van der Waals surface area (Å²) >= 11 is 6.35. The molecule has 0 atom stereocenters. The van der Waals surface area contributed by atoms with E-state index in [9.17, 15) is 0 Å². The first-order valence-corrected chi connectivity index (χ1v) is 11.0. The number of alkyl halides is 1. The lowest BCUT2D eigenvalue weighted by atomic mass is 9.07. The molecule has 3 heteroatoms. The molecule has 22 heavy (non-hydrogen) atoms. The molecule has 0 aromatic carbocycles. The molecule has 4 bridgehead atoms. The molecular formula is C19H33B2Cl. The highest BCUT2D eigenvalue weighted by Gasteiger charge is 2.51. The van der Waals surface area contributed by atoms with Crippen molar-refractivity contribution in [3.63, 3.8) is 0 Å². The predicted molar refractivity (Wildman–Crippen MR) is 101 cm³/mol. The van der Waals surface area contributed by atoms with Crippen LogP contribution in [0.25, 0.3) is 0 Å². The van der Waals surface area contributed by atoms with Crippen LogP contribution in [0, 0.1) is 0 Å². The predicted octanol–water partition coefficient (Wildman–Crippen LogP) is 6.73. The van der Waals surface area contributed by atoms with E-state index in [4.69, 9.17) is 11.6 Å². The quantitative estimate of drug-likeness (QED) is 0.398. The van der Waals surface area contributed by atoms with Crippen LogP contribution in [0.15, 0.2) is 0 Å². The number of hydrogen-bond donors (Lipinski definition) is 0. The van der Waals surface area contributed by atoms with Crippen LogP contribution in [-0.4, -0.2) is 19.3 Å².